The van der Waals surface area contributed by atoms with Gasteiger partial charge in [0.05, 0.1) is 5.25 Å². The lowest BCUT2D eigenvalue weighted by Crippen LogP contribution is -2.27. The van der Waals surface area contributed by atoms with Gasteiger partial charge in [-0.1, -0.05) is 104 Å². The number of allylic oxidation sites excluding steroid dienone is 3. The van der Waals surface area contributed by atoms with Gasteiger partial charge in [-0.2, -0.15) is 0 Å². The Labute approximate surface area is 217 Å². The molecule has 0 amide bonds. The highest BCUT2D eigenvalue weighted by atomic mass is 32.2. The van der Waals surface area contributed by atoms with Gasteiger partial charge >= 0.3 is 0 Å². The predicted octanol–water partition coefficient (Wildman–Crippen LogP) is 8.09. The van der Waals surface area contributed by atoms with Gasteiger partial charge in [0.2, 0.25) is 0 Å². The van der Waals surface area contributed by atoms with Crippen LogP contribution in [0, 0.1) is 5.92 Å². The standard InChI is InChI=1S/C33H38O2S/c1-25(30-17-10-18-31(24-30)36(3,34)35)21-23-29-16-11-19-32(28-14-8-5-9-15-28)33(29)26(2)20-22-27-12-6-4-7-13-27/h4-9,11-16,19,21,30-31H,2,10,17-18,20,22-24H2,1,3H3. The average Bonchev–Trinajstić information content (AvgIpc) is 2.90. The third-order valence-electron chi connectivity index (χ3n) is 7.67. The van der Waals surface area contributed by atoms with Gasteiger partial charge < -0.3 is 0 Å². The van der Waals surface area contributed by atoms with Crippen molar-refractivity contribution >= 4 is 15.4 Å². The first-order valence-electron chi connectivity index (χ1n) is 13.1. The van der Waals surface area contributed by atoms with E-state index >= 15 is 0 Å². The van der Waals surface area contributed by atoms with E-state index in [-0.39, 0.29) is 5.25 Å². The zero-order valence-electron chi connectivity index (χ0n) is 21.6. The minimum atomic E-state index is -2.98. The van der Waals surface area contributed by atoms with Crippen LogP contribution < -0.4 is 0 Å². The molecule has 0 bridgehead atoms. The summed E-state index contributed by atoms with van der Waals surface area (Å²) in [5.41, 5.74) is 8.77. The minimum Gasteiger partial charge on any atom is -0.229 e. The van der Waals surface area contributed by atoms with Gasteiger partial charge in [0.1, 0.15) is 9.84 Å². The average molecular weight is 499 g/mol. The maximum atomic E-state index is 12.2. The molecule has 1 aliphatic carbocycles. The van der Waals surface area contributed by atoms with Gasteiger partial charge in [-0.25, -0.2) is 8.42 Å². The number of benzene rings is 3. The highest BCUT2D eigenvalue weighted by molar-refractivity contribution is 7.91. The summed E-state index contributed by atoms with van der Waals surface area (Å²) in [6.45, 7) is 6.73. The van der Waals surface area contributed by atoms with E-state index in [2.05, 4.69) is 98.4 Å². The molecule has 3 aromatic rings. The van der Waals surface area contributed by atoms with Crippen LogP contribution in [-0.2, 0) is 22.7 Å². The second-order valence-electron chi connectivity index (χ2n) is 10.3. The first-order valence-corrected chi connectivity index (χ1v) is 15.0. The number of aryl methyl sites for hydroxylation is 1. The van der Waals surface area contributed by atoms with E-state index in [1.807, 2.05) is 0 Å². The summed E-state index contributed by atoms with van der Waals surface area (Å²) in [6, 6.07) is 27.7. The molecule has 188 valence electrons. The summed E-state index contributed by atoms with van der Waals surface area (Å²) in [7, 11) is -2.98. The molecule has 4 rings (SSSR count). The Bertz CT molecular complexity index is 1300. The quantitative estimate of drug-likeness (QED) is 0.279. The van der Waals surface area contributed by atoms with Crippen molar-refractivity contribution in [2.75, 3.05) is 6.26 Å². The Morgan fingerprint density at radius 2 is 1.64 bits per heavy atom. The lowest BCUT2D eigenvalue weighted by Gasteiger charge is -2.28. The molecule has 3 aromatic carbocycles. The molecular weight excluding hydrogens is 460 g/mol. The molecule has 0 spiro atoms. The first kappa shape index (κ1) is 26.2. The van der Waals surface area contributed by atoms with Gasteiger partial charge in [-0.3, -0.25) is 0 Å². The predicted molar refractivity (Wildman–Crippen MR) is 154 cm³/mol. The SMILES string of the molecule is C=C(CCc1ccccc1)c1c(CC=C(C)C2CCCC(S(C)(=O)=O)C2)cccc1-c1ccccc1. The largest absolute Gasteiger partial charge is 0.229 e. The molecule has 3 heteroatoms. The molecule has 0 radical (unpaired) electrons. The van der Waals surface area contributed by atoms with Crippen molar-refractivity contribution < 1.29 is 8.42 Å². The van der Waals surface area contributed by atoms with Crippen LogP contribution >= 0.6 is 0 Å². The summed E-state index contributed by atoms with van der Waals surface area (Å²) < 4.78 is 24.3. The number of rotatable bonds is 9. The number of sulfone groups is 1. The van der Waals surface area contributed by atoms with Crippen LogP contribution in [0.25, 0.3) is 16.7 Å². The van der Waals surface area contributed by atoms with Crippen molar-refractivity contribution in [1.29, 1.82) is 0 Å². The van der Waals surface area contributed by atoms with E-state index < -0.39 is 9.84 Å². The van der Waals surface area contributed by atoms with Crippen molar-refractivity contribution in [2.45, 2.75) is 57.1 Å². The lowest BCUT2D eigenvalue weighted by molar-refractivity contribution is 0.399. The fourth-order valence-electron chi connectivity index (χ4n) is 5.50. The second-order valence-corrected chi connectivity index (χ2v) is 12.6. The van der Waals surface area contributed by atoms with Crippen LogP contribution in [0.4, 0.5) is 0 Å². The zero-order valence-corrected chi connectivity index (χ0v) is 22.4. The van der Waals surface area contributed by atoms with Gasteiger partial charge in [-0.05, 0) is 84.8 Å². The Morgan fingerprint density at radius 1 is 0.944 bits per heavy atom. The minimum absolute atomic E-state index is 0.200. The van der Waals surface area contributed by atoms with E-state index in [0.717, 1.165) is 50.5 Å². The molecule has 2 atom stereocenters. The highest BCUT2D eigenvalue weighted by Crippen LogP contribution is 2.36. The molecule has 0 heterocycles. The second kappa shape index (κ2) is 11.9. The van der Waals surface area contributed by atoms with Crippen LogP contribution in [0.1, 0.15) is 55.7 Å². The Morgan fingerprint density at radius 3 is 2.33 bits per heavy atom. The van der Waals surface area contributed by atoms with E-state index in [0.29, 0.717) is 5.92 Å². The molecule has 2 unspecified atom stereocenters. The van der Waals surface area contributed by atoms with Gasteiger partial charge in [0.25, 0.3) is 0 Å². The highest BCUT2D eigenvalue weighted by Gasteiger charge is 2.29. The normalized spacial score (nSPS) is 18.7. The Hall–Kier alpha value is -2.91. The molecule has 36 heavy (non-hydrogen) atoms. The first-order chi connectivity index (χ1) is 17.3. The molecule has 0 saturated heterocycles. The summed E-state index contributed by atoms with van der Waals surface area (Å²) in [6.07, 6.45) is 10.0. The summed E-state index contributed by atoms with van der Waals surface area (Å²) >= 11 is 0. The smallest absolute Gasteiger partial charge is 0.150 e. The van der Waals surface area contributed by atoms with E-state index in [1.165, 1.54) is 39.6 Å². The monoisotopic (exact) mass is 498 g/mol. The Kier molecular flexibility index (Phi) is 8.64. The lowest BCUT2D eigenvalue weighted by atomic mass is 9.82. The Balaban J connectivity index is 1.60. The van der Waals surface area contributed by atoms with Gasteiger partial charge in [0, 0.05) is 6.26 Å². The molecule has 0 N–H and O–H groups in total. The molecule has 2 nitrogen and oxygen atoms in total. The van der Waals surface area contributed by atoms with Crippen molar-refractivity contribution in [3.05, 3.63) is 114 Å². The summed E-state index contributed by atoms with van der Waals surface area (Å²) in [4.78, 5) is 0. The summed E-state index contributed by atoms with van der Waals surface area (Å²) in [5, 5.41) is -0.200. The molecule has 0 aromatic heterocycles. The maximum Gasteiger partial charge on any atom is 0.150 e. The third-order valence-corrected chi connectivity index (χ3v) is 9.31. The van der Waals surface area contributed by atoms with Crippen molar-refractivity contribution in [3.8, 4) is 11.1 Å². The van der Waals surface area contributed by atoms with Crippen LogP contribution in [-0.4, -0.2) is 19.9 Å². The molecule has 1 saturated carbocycles. The zero-order chi connectivity index (χ0) is 25.5. The fourth-order valence-corrected chi connectivity index (χ4v) is 6.67. The topological polar surface area (TPSA) is 34.1 Å². The van der Waals surface area contributed by atoms with Crippen LogP contribution in [0.15, 0.2) is 97.1 Å². The van der Waals surface area contributed by atoms with Crippen LogP contribution in [0.5, 0.6) is 0 Å². The fraction of sp³-hybridized carbons (Fsp3) is 0.333. The van der Waals surface area contributed by atoms with E-state index in [4.69, 9.17) is 0 Å². The molecule has 0 aliphatic heterocycles. The van der Waals surface area contributed by atoms with Crippen molar-refractivity contribution in [2.24, 2.45) is 5.92 Å². The van der Waals surface area contributed by atoms with Crippen LogP contribution in [0.3, 0.4) is 0 Å². The van der Waals surface area contributed by atoms with Crippen LogP contribution in [0.2, 0.25) is 0 Å². The summed E-state index contributed by atoms with van der Waals surface area (Å²) in [5.74, 6) is 0.348. The third kappa shape index (κ3) is 6.64. The molecule has 1 aliphatic rings. The van der Waals surface area contributed by atoms with Crippen molar-refractivity contribution in [3.63, 3.8) is 0 Å². The number of hydrogen-bond acceptors (Lipinski definition) is 2. The van der Waals surface area contributed by atoms with Gasteiger partial charge in [0.15, 0.2) is 0 Å². The molecule has 1 fully saturated rings. The van der Waals surface area contributed by atoms with E-state index in [1.54, 1.807) is 0 Å². The van der Waals surface area contributed by atoms with Crippen molar-refractivity contribution in [1.82, 2.24) is 0 Å². The van der Waals surface area contributed by atoms with Gasteiger partial charge in [-0.15, -0.1) is 0 Å². The van der Waals surface area contributed by atoms with E-state index in [9.17, 15) is 8.42 Å². The molecular formula is C33H38O2S. The maximum absolute atomic E-state index is 12.2. The number of hydrogen-bond donors (Lipinski definition) is 0.